The van der Waals surface area contributed by atoms with Crippen LogP contribution >= 0.6 is 0 Å². The number of ether oxygens (including phenoxy) is 1. The first-order chi connectivity index (χ1) is 22.8. The van der Waals surface area contributed by atoms with E-state index in [2.05, 4.69) is 26.0 Å². The summed E-state index contributed by atoms with van der Waals surface area (Å²) in [5.74, 6) is -0.955. The van der Waals surface area contributed by atoms with Crippen LogP contribution in [0.4, 0.5) is 19.0 Å². The van der Waals surface area contributed by atoms with E-state index in [0.717, 1.165) is 19.4 Å². The van der Waals surface area contributed by atoms with Crippen LogP contribution in [0.1, 0.15) is 43.0 Å². The SMILES string of the molecule is CCc1c(F)ccc2cc(O)cc(-c3ncc4c(N5CCn6ncc(C#N)c6C5)nc(OC[C@@]56CCCN5C[C@H](F)C6)nc4c3F)c12. The number of alkyl halides is 1. The lowest BCUT2D eigenvalue weighted by Gasteiger charge is -2.32. The topological polar surface area (TPSA) is 116 Å². The molecule has 2 saturated heterocycles. The van der Waals surface area contributed by atoms with Crippen molar-refractivity contribution in [2.75, 3.05) is 31.1 Å². The Morgan fingerprint density at radius 3 is 2.85 bits per heavy atom. The van der Waals surface area contributed by atoms with Crippen LogP contribution in [0.5, 0.6) is 11.8 Å². The molecule has 10 nitrogen and oxygen atoms in total. The lowest BCUT2D eigenvalue weighted by atomic mass is 9.94. The number of anilines is 1. The summed E-state index contributed by atoms with van der Waals surface area (Å²) in [6.45, 7) is 4.34. The van der Waals surface area contributed by atoms with Crippen LogP contribution in [0.25, 0.3) is 32.9 Å². The number of nitriles is 1. The second-order valence-corrected chi connectivity index (χ2v) is 12.6. The normalized spacial score (nSPS) is 20.9. The van der Waals surface area contributed by atoms with E-state index in [-0.39, 0.29) is 41.7 Å². The number of fused-ring (bicyclic) bond motifs is 4. The lowest BCUT2D eigenvalue weighted by molar-refractivity contribution is 0.107. The highest BCUT2D eigenvalue weighted by Gasteiger charge is 2.49. The number of rotatable bonds is 6. The standard InChI is InChI=1S/C34H31F3N8O2/c1-2-23-26(36)5-4-19-10-22(46)11-24(28(19)23)30-29(37)31-25(15-39-30)32(43-8-9-45-27(17-43)20(13-38)14-40-45)42-33(41-31)47-18-34-6-3-7-44(34)16-21(35)12-34/h4-5,10-11,14-15,21,46H,2-3,6-9,12,16-18H2,1H3/t21-,34+/m1/s1. The van der Waals surface area contributed by atoms with E-state index in [1.54, 1.807) is 10.7 Å². The predicted molar refractivity (Wildman–Crippen MR) is 168 cm³/mol. The summed E-state index contributed by atoms with van der Waals surface area (Å²) in [6.07, 6.45) is 4.47. The Balaban J connectivity index is 1.28. The number of aryl methyl sites for hydroxylation is 1. The van der Waals surface area contributed by atoms with Crippen molar-refractivity contribution in [3.8, 4) is 29.1 Å². The number of aromatic hydroxyl groups is 1. The maximum atomic E-state index is 16.9. The average Bonchev–Trinajstić information content (AvgIpc) is 3.75. The van der Waals surface area contributed by atoms with Gasteiger partial charge in [0, 0.05) is 31.3 Å². The number of hydrogen-bond acceptors (Lipinski definition) is 9. The van der Waals surface area contributed by atoms with E-state index >= 15 is 4.39 Å². The summed E-state index contributed by atoms with van der Waals surface area (Å²) in [7, 11) is 0. The molecule has 0 saturated carbocycles. The van der Waals surface area contributed by atoms with E-state index in [1.807, 2.05) is 11.8 Å². The number of phenols is 1. The molecule has 13 heteroatoms. The molecule has 240 valence electrons. The molecule has 0 amide bonds. The highest BCUT2D eigenvalue weighted by molar-refractivity contribution is 6.01. The number of aromatic nitrogens is 5. The molecule has 1 N–H and O–H groups in total. The molecule has 3 aliphatic heterocycles. The van der Waals surface area contributed by atoms with E-state index in [9.17, 15) is 19.1 Å². The number of benzene rings is 2. The molecule has 6 heterocycles. The van der Waals surface area contributed by atoms with Gasteiger partial charge in [-0.1, -0.05) is 13.0 Å². The van der Waals surface area contributed by atoms with Gasteiger partial charge < -0.3 is 14.7 Å². The third-order valence-electron chi connectivity index (χ3n) is 9.93. The smallest absolute Gasteiger partial charge is 0.319 e. The molecule has 0 bridgehead atoms. The molecule has 2 fully saturated rings. The van der Waals surface area contributed by atoms with Gasteiger partial charge in [-0.3, -0.25) is 14.6 Å². The number of phenolic OH excluding ortho intramolecular Hbond substituents is 1. The summed E-state index contributed by atoms with van der Waals surface area (Å²) in [4.78, 5) is 17.8. The van der Waals surface area contributed by atoms with Gasteiger partial charge in [0.2, 0.25) is 0 Å². The van der Waals surface area contributed by atoms with Crippen LogP contribution in [0, 0.1) is 23.0 Å². The molecular weight excluding hydrogens is 609 g/mol. The van der Waals surface area contributed by atoms with Gasteiger partial charge in [0.15, 0.2) is 5.82 Å². The van der Waals surface area contributed by atoms with Gasteiger partial charge in [-0.2, -0.15) is 20.3 Å². The largest absolute Gasteiger partial charge is 0.508 e. The van der Waals surface area contributed by atoms with Crippen molar-refractivity contribution >= 4 is 27.5 Å². The number of hydrogen-bond donors (Lipinski definition) is 1. The van der Waals surface area contributed by atoms with Crippen LogP contribution in [0.15, 0.2) is 36.7 Å². The number of halogens is 3. The fourth-order valence-corrected chi connectivity index (χ4v) is 7.71. The summed E-state index contributed by atoms with van der Waals surface area (Å²) in [5.41, 5.74) is 1.13. The van der Waals surface area contributed by atoms with Gasteiger partial charge in [-0.25, -0.2) is 13.2 Å². The molecule has 5 aromatic rings. The van der Waals surface area contributed by atoms with Gasteiger partial charge >= 0.3 is 6.01 Å². The van der Waals surface area contributed by atoms with E-state index < -0.39 is 23.3 Å². The third kappa shape index (κ3) is 4.73. The second-order valence-electron chi connectivity index (χ2n) is 12.6. The maximum absolute atomic E-state index is 16.9. The van der Waals surface area contributed by atoms with Crippen molar-refractivity contribution in [1.82, 2.24) is 29.6 Å². The molecule has 3 aliphatic rings. The quantitative estimate of drug-likeness (QED) is 0.259. The van der Waals surface area contributed by atoms with Crippen molar-refractivity contribution in [2.24, 2.45) is 0 Å². The van der Waals surface area contributed by atoms with Gasteiger partial charge in [-0.15, -0.1) is 0 Å². The first-order valence-corrected chi connectivity index (χ1v) is 15.8. The zero-order valence-electron chi connectivity index (χ0n) is 25.7. The third-order valence-corrected chi connectivity index (χ3v) is 9.93. The highest BCUT2D eigenvalue weighted by Crippen LogP contribution is 2.42. The minimum absolute atomic E-state index is 0.0592. The van der Waals surface area contributed by atoms with Crippen LogP contribution in [0.2, 0.25) is 0 Å². The second kappa shape index (κ2) is 11.1. The van der Waals surface area contributed by atoms with Gasteiger partial charge in [0.25, 0.3) is 0 Å². The highest BCUT2D eigenvalue weighted by atomic mass is 19.1. The zero-order chi connectivity index (χ0) is 32.4. The van der Waals surface area contributed by atoms with Gasteiger partial charge in [-0.05, 0) is 60.3 Å². The van der Waals surface area contributed by atoms with Crippen LogP contribution < -0.4 is 9.64 Å². The molecular formula is C34H31F3N8O2. The Kier molecular flexibility index (Phi) is 6.94. The molecule has 47 heavy (non-hydrogen) atoms. The molecule has 0 aliphatic carbocycles. The van der Waals surface area contributed by atoms with Gasteiger partial charge in [0.1, 0.15) is 47.4 Å². The minimum atomic E-state index is -0.944. The van der Waals surface area contributed by atoms with E-state index in [0.29, 0.717) is 71.3 Å². The Bertz CT molecular complexity index is 2110. The predicted octanol–water partition coefficient (Wildman–Crippen LogP) is 5.43. The molecule has 8 rings (SSSR count). The molecule has 2 aromatic carbocycles. The Labute approximate surface area is 268 Å². The Morgan fingerprint density at radius 2 is 2.02 bits per heavy atom. The van der Waals surface area contributed by atoms with Crippen molar-refractivity contribution in [2.45, 2.75) is 57.4 Å². The Morgan fingerprint density at radius 1 is 1.15 bits per heavy atom. The van der Waals surface area contributed by atoms with Crippen molar-refractivity contribution in [1.29, 1.82) is 5.26 Å². The van der Waals surface area contributed by atoms with Crippen molar-refractivity contribution < 1.29 is 23.0 Å². The minimum Gasteiger partial charge on any atom is -0.508 e. The number of pyridine rings is 1. The molecule has 0 spiro atoms. The summed E-state index contributed by atoms with van der Waals surface area (Å²) in [6, 6.07) is 7.89. The lowest BCUT2D eigenvalue weighted by Crippen LogP contribution is -2.43. The monoisotopic (exact) mass is 640 g/mol. The summed E-state index contributed by atoms with van der Waals surface area (Å²) < 4.78 is 54.3. The van der Waals surface area contributed by atoms with Crippen molar-refractivity contribution in [3.63, 3.8) is 0 Å². The zero-order valence-corrected chi connectivity index (χ0v) is 25.7. The fourth-order valence-electron chi connectivity index (χ4n) is 7.71. The van der Waals surface area contributed by atoms with Crippen molar-refractivity contribution in [3.05, 3.63) is 65.1 Å². The fraction of sp³-hybridized carbons (Fsp3) is 0.382. The molecule has 0 unspecified atom stereocenters. The van der Waals surface area contributed by atoms with E-state index in [4.69, 9.17) is 9.72 Å². The van der Waals surface area contributed by atoms with Crippen LogP contribution in [-0.4, -0.2) is 72.7 Å². The molecule has 2 atom stereocenters. The van der Waals surface area contributed by atoms with Gasteiger partial charge in [0.05, 0.1) is 41.5 Å². The van der Waals surface area contributed by atoms with E-state index in [1.165, 1.54) is 30.6 Å². The number of nitrogens with zero attached hydrogens (tertiary/aromatic N) is 8. The maximum Gasteiger partial charge on any atom is 0.319 e. The first kappa shape index (κ1) is 29.4. The summed E-state index contributed by atoms with van der Waals surface area (Å²) in [5, 5.41) is 25.9. The van der Waals surface area contributed by atoms with Crippen LogP contribution in [-0.2, 0) is 19.5 Å². The van der Waals surface area contributed by atoms with Crippen LogP contribution in [0.3, 0.4) is 0 Å². The Hall–Kier alpha value is -4.96. The average molecular weight is 641 g/mol. The summed E-state index contributed by atoms with van der Waals surface area (Å²) >= 11 is 0. The molecule has 3 aromatic heterocycles. The molecule has 0 radical (unpaired) electrons. The first-order valence-electron chi connectivity index (χ1n) is 15.8.